The average Bonchev–Trinajstić information content (AvgIpc) is 2.42. The molecule has 0 spiro atoms. The number of likely N-dealkylation sites (N-methyl/N-ethyl adjacent to an activating group) is 1. The molecule has 0 aliphatic carbocycles. The largest absolute Gasteiger partial charge is 0.298 e. The number of benzene rings is 1. The van der Waals surface area contributed by atoms with Crippen LogP contribution in [0.3, 0.4) is 0 Å². The normalized spacial score (nSPS) is 11.1. The molecule has 0 aliphatic rings. The van der Waals surface area contributed by atoms with Crippen LogP contribution in [0.1, 0.15) is 19.4 Å². The summed E-state index contributed by atoms with van der Waals surface area (Å²) in [7, 11) is 0. The van der Waals surface area contributed by atoms with Gasteiger partial charge in [0.25, 0.3) is 5.91 Å². The van der Waals surface area contributed by atoms with Crippen LogP contribution in [0.2, 0.25) is 0 Å². The molecule has 0 aromatic heterocycles. The Morgan fingerprint density at radius 2 is 1.94 bits per heavy atom. The summed E-state index contributed by atoms with van der Waals surface area (Å²) < 4.78 is 0. The molecule has 96 valence electrons. The van der Waals surface area contributed by atoms with Crippen molar-refractivity contribution < 1.29 is 9.59 Å². The first-order valence-electron chi connectivity index (χ1n) is 6.00. The molecule has 4 heteroatoms. The number of amides is 1. The molecule has 0 heterocycles. The van der Waals surface area contributed by atoms with Gasteiger partial charge >= 0.3 is 0 Å². The highest BCUT2D eigenvalue weighted by Gasteiger charge is 2.15. The van der Waals surface area contributed by atoms with Crippen molar-refractivity contribution in [2.24, 2.45) is 0 Å². The Morgan fingerprint density at radius 3 is 2.44 bits per heavy atom. The zero-order valence-corrected chi connectivity index (χ0v) is 10.7. The lowest BCUT2D eigenvalue weighted by atomic mass is 10.1. The van der Waals surface area contributed by atoms with Crippen molar-refractivity contribution in [3.05, 3.63) is 41.5 Å². The number of nitrogens with zero attached hydrogens (tertiary/aromatic N) is 1. The number of hydrazine groups is 1. The molecule has 0 aliphatic heterocycles. The number of hydrogen-bond acceptors (Lipinski definition) is 3. The predicted octanol–water partition coefficient (Wildman–Crippen LogP) is 1.64. The molecule has 4 nitrogen and oxygen atoms in total. The Bertz CT molecular complexity index is 427. The zero-order valence-electron chi connectivity index (χ0n) is 10.7. The van der Waals surface area contributed by atoms with Gasteiger partial charge in [0.1, 0.15) is 0 Å². The lowest BCUT2D eigenvalue weighted by Crippen LogP contribution is -2.43. The van der Waals surface area contributed by atoms with Gasteiger partial charge in [0.2, 0.25) is 0 Å². The van der Waals surface area contributed by atoms with E-state index in [1.54, 1.807) is 6.08 Å². The fourth-order valence-electron chi connectivity index (χ4n) is 1.55. The maximum atomic E-state index is 12.1. The molecular formula is C14H18N2O2. The lowest BCUT2D eigenvalue weighted by molar-refractivity contribution is -0.130. The van der Waals surface area contributed by atoms with Gasteiger partial charge in [-0.25, -0.2) is 5.43 Å². The van der Waals surface area contributed by atoms with E-state index in [9.17, 15) is 9.59 Å². The van der Waals surface area contributed by atoms with Crippen molar-refractivity contribution in [1.82, 2.24) is 10.4 Å². The molecule has 0 saturated heterocycles. The maximum absolute atomic E-state index is 12.1. The molecule has 0 radical (unpaired) electrons. The van der Waals surface area contributed by atoms with Gasteiger partial charge in [0.05, 0.1) is 5.57 Å². The van der Waals surface area contributed by atoms with Crippen LogP contribution in [-0.2, 0) is 9.59 Å². The third-order valence-electron chi connectivity index (χ3n) is 2.41. The van der Waals surface area contributed by atoms with Crippen LogP contribution in [0.15, 0.2) is 35.9 Å². The van der Waals surface area contributed by atoms with Crippen molar-refractivity contribution in [2.75, 3.05) is 13.1 Å². The molecule has 0 atom stereocenters. The van der Waals surface area contributed by atoms with Crippen LogP contribution in [0.25, 0.3) is 6.08 Å². The molecule has 1 aromatic rings. The van der Waals surface area contributed by atoms with Gasteiger partial charge in [-0.1, -0.05) is 37.3 Å². The SMILES string of the molecule is CCNN(CC)C(=O)C(C=O)=Cc1ccccc1. The smallest absolute Gasteiger partial charge is 0.271 e. The van der Waals surface area contributed by atoms with E-state index in [0.717, 1.165) is 5.56 Å². The van der Waals surface area contributed by atoms with Crippen molar-refractivity contribution >= 4 is 18.3 Å². The van der Waals surface area contributed by atoms with Gasteiger partial charge in [-0.15, -0.1) is 0 Å². The molecule has 0 saturated carbocycles. The molecule has 0 bridgehead atoms. The second kappa shape index (κ2) is 7.40. The first kappa shape index (κ1) is 14.1. The average molecular weight is 246 g/mol. The van der Waals surface area contributed by atoms with Crippen LogP contribution in [0.4, 0.5) is 0 Å². The van der Waals surface area contributed by atoms with E-state index >= 15 is 0 Å². The standard InChI is InChI=1S/C14H18N2O2/c1-3-15-16(4-2)14(18)13(11-17)10-12-8-6-5-7-9-12/h5-11,15H,3-4H2,1-2H3. The van der Waals surface area contributed by atoms with E-state index in [1.807, 2.05) is 44.2 Å². The summed E-state index contributed by atoms with van der Waals surface area (Å²) in [5.41, 5.74) is 3.89. The summed E-state index contributed by atoms with van der Waals surface area (Å²) >= 11 is 0. The Morgan fingerprint density at radius 1 is 1.28 bits per heavy atom. The minimum absolute atomic E-state index is 0.143. The predicted molar refractivity (Wildman–Crippen MR) is 71.5 cm³/mol. The number of rotatable bonds is 6. The highest BCUT2D eigenvalue weighted by molar-refractivity contribution is 6.14. The lowest BCUT2D eigenvalue weighted by Gasteiger charge is -2.20. The third kappa shape index (κ3) is 3.82. The second-order valence-electron chi connectivity index (χ2n) is 3.69. The van der Waals surface area contributed by atoms with Crippen LogP contribution in [0, 0.1) is 0 Å². The van der Waals surface area contributed by atoms with E-state index in [4.69, 9.17) is 0 Å². The molecule has 1 aromatic carbocycles. The second-order valence-corrected chi connectivity index (χ2v) is 3.69. The summed E-state index contributed by atoms with van der Waals surface area (Å²) in [5.74, 6) is -0.307. The number of hydrogen-bond donors (Lipinski definition) is 1. The van der Waals surface area contributed by atoms with Gasteiger partial charge in [-0.05, 0) is 18.6 Å². The molecule has 1 N–H and O–H groups in total. The van der Waals surface area contributed by atoms with E-state index < -0.39 is 0 Å². The van der Waals surface area contributed by atoms with Gasteiger partial charge < -0.3 is 0 Å². The van der Waals surface area contributed by atoms with Crippen molar-refractivity contribution in [2.45, 2.75) is 13.8 Å². The van der Waals surface area contributed by atoms with E-state index in [-0.39, 0.29) is 11.5 Å². The Kier molecular flexibility index (Phi) is 5.80. The first-order valence-corrected chi connectivity index (χ1v) is 6.00. The Balaban J connectivity index is 2.92. The van der Waals surface area contributed by atoms with E-state index in [0.29, 0.717) is 19.4 Å². The fourth-order valence-corrected chi connectivity index (χ4v) is 1.55. The Hall–Kier alpha value is -1.94. The number of nitrogens with one attached hydrogen (secondary N) is 1. The zero-order chi connectivity index (χ0) is 13.4. The quantitative estimate of drug-likeness (QED) is 0.273. The van der Waals surface area contributed by atoms with E-state index in [1.165, 1.54) is 5.01 Å². The monoisotopic (exact) mass is 246 g/mol. The van der Waals surface area contributed by atoms with Gasteiger partial charge in [0, 0.05) is 13.1 Å². The highest BCUT2D eigenvalue weighted by atomic mass is 16.2. The maximum Gasteiger partial charge on any atom is 0.271 e. The summed E-state index contributed by atoms with van der Waals surface area (Å²) in [6, 6.07) is 9.30. The highest BCUT2D eigenvalue weighted by Crippen LogP contribution is 2.07. The van der Waals surface area contributed by atoms with Gasteiger partial charge in [-0.2, -0.15) is 0 Å². The fraction of sp³-hybridized carbons (Fsp3) is 0.286. The van der Waals surface area contributed by atoms with Crippen molar-refractivity contribution in [3.63, 3.8) is 0 Å². The molecular weight excluding hydrogens is 228 g/mol. The number of carbonyl (C=O) groups is 2. The number of carbonyl (C=O) groups excluding carboxylic acids is 2. The molecule has 1 amide bonds. The Labute approximate surface area is 107 Å². The van der Waals surface area contributed by atoms with Gasteiger partial charge in [0.15, 0.2) is 6.29 Å². The molecule has 0 fully saturated rings. The third-order valence-corrected chi connectivity index (χ3v) is 2.41. The minimum Gasteiger partial charge on any atom is -0.298 e. The summed E-state index contributed by atoms with van der Waals surface area (Å²) in [6.07, 6.45) is 2.19. The summed E-state index contributed by atoms with van der Waals surface area (Å²) in [4.78, 5) is 23.1. The van der Waals surface area contributed by atoms with Crippen LogP contribution in [-0.4, -0.2) is 30.3 Å². The number of aldehydes is 1. The van der Waals surface area contributed by atoms with Crippen LogP contribution in [0.5, 0.6) is 0 Å². The van der Waals surface area contributed by atoms with Gasteiger partial charge in [-0.3, -0.25) is 14.6 Å². The van der Waals surface area contributed by atoms with Crippen LogP contribution >= 0.6 is 0 Å². The molecule has 0 unspecified atom stereocenters. The summed E-state index contributed by atoms with van der Waals surface area (Å²) in [5, 5.41) is 1.43. The topological polar surface area (TPSA) is 49.4 Å². The molecule has 1 rings (SSSR count). The minimum atomic E-state index is -0.307. The molecule has 18 heavy (non-hydrogen) atoms. The summed E-state index contributed by atoms with van der Waals surface area (Å²) in [6.45, 7) is 4.90. The van der Waals surface area contributed by atoms with E-state index in [2.05, 4.69) is 5.43 Å². The first-order chi connectivity index (χ1) is 8.72. The van der Waals surface area contributed by atoms with Crippen molar-refractivity contribution in [3.8, 4) is 0 Å². The van der Waals surface area contributed by atoms with Crippen LogP contribution < -0.4 is 5.43 Å². The van der Waals surface area contributed by atoms with Crippen molar-refractivity contribution in [1.29, 1.82) is 0 Å².